The highest BCUT2D eigenvalue weighted by molar-refractivity contribution is 6.25. The van der Waals surface area contributed by atoms with Gasteiger partial charge in [0.25, 0.3) is 0 Å². The third kappa shape index (κ3) is 2.67. The van der Waals surface area contributed by atoms with Crippen molar-refractivity contribution in [2.75, 3.05) is 13.1 Å². The van der Waals surface area contributed by atoms with Gasteiger partial charge in [-0.25, -0.2) is 0 Å². The number of carbonyl (C=O) groups is 1. The minimum absolute atomic E-state index is 0.309. The van der Waals surface area contributed by atoms with Crippen LogP contribution in [-0.2, 0) is 4.79 Å². The van der Waals surface area contributed by atoms with Gasteiger partial charge in [0.1, 0.15) is 5.78 Å². The molecule has 16 heavy (non-hydrogen) atoms. The van der Waals surface area contributed by atoms with Crippen LogP contribution < -0.4 is 0 Å². The Labute approximate surface area is 103 Å². The van der Waals surface area contributed by atoms with E-state index >= 15 is 0 Å². The van der Waals surface area contributed by atoms with Gasteiger partial charge in [-0.15, -0.1) is 0 Å². The summed E-state index contributed by atoms with van der Waals surface area (Å²) in [4.78, 5) is 14.3. The second kappa shape index (κ2) is 5.83. The molecule has 1 aliphatic heterocycles. The molecule has 0 bridgehead atoms. The van der Waals surface area contributed by atoms with Gasteiger partial charge >= 0.3 is 0 Å². The normalized spacial score (nSPS) is 32.7. The molecule has 2 aliphatic rings. The molecule has 1 heterocycles. The van der Waals surface area contributed by atoms with Crippen LogP contribution in [-0.4, -0.2) is 29.8 Å². The van der Waals surface area contributed by atoms with Crippen molar-refractivity contribution in [1.29, 1.82) is 0 Å². The van der Waals surface area contributed by atoms with Crippen LogP contribution in [0.15, 0.2) is 11.6 Å². The fourth-order valence-corrected chi connectivity index (χ4v) is 3.20. The second-order valence-electron chi connectivity index (χ2n) is 4.88. The summed E-state index contributed by atoms with van der Waals surface area (Å²) in [6, 6.07) is 0.483. The largest absolute Gasteiger partial charge is 0.299 e. The highest BCUT2D eigenvalue weighted by Gasteiger charge is 2.36. The van der Waals surface area contributed by atoms with E-state index in [4.69, 9.17) is 11.6 Å². The molecule has 2 rings (SSSR count). The molecule has 0 N–H and O–H groups in total. The van der Waals surface area contributed by atoms with E-state index in [0.29, 0.717) is 17.7 Å². The monoisotopic (exact) mass is 241 g/mol. The maximum absolute atomic E-state index is 11.8. The number of likely N-dealkylation sites (tertiary alicyclic amines) is 1. The van der Waals surface area contributed by atoms with Crippen molar-refractivity contribution in [3.05, 3.63) is 11.6 Å². The molecular formula is C13H20ClNO. The minimum atomic E-state index is 0.309. The van der Waals surface area contributed by atoms with Crippen LogP contribution in [0.2, 0.25) is 0 Å². The van der Waals surface area contributed by atoms with E-state index in [1.54, 1.807) is 5.54 Å². The lowest BCUT2D eigenvalue weighted by molar-refractivity contribution is -0.123. The zero-order valence-electron chi connectivity index (χ0n) is 9.70. The molecule has 0 spiro atoms. The SMILES string of the molecule is O=C1CCCC1C1CCCCN1CC=CCl. The zero-order valence-corrected chi connectivity index (χ0v) is 10.5. The number of rotatable bonds is 3. The van der Waals surface area contributed by atoms with Crippen molar-refractivity contribution in [3.63, 3.8) is 0 Å². The Hall–Kier alpha value is -0.340. The molecule has 2 unspecified atom stereocenters. The smallest absolute Gasteiger partial charge is 0.137 e. The number of halogens is 1. The van der Waals surface area contributed by atoms with E-state index in [1.807, 2.05) is 6.08 Å². The van der Waals surface area contributed by atoms with E-state index in [-0.39, 0.29) is 0 Å². The first kappa shape index (κ1) is 12.1. The van der Waals surface area contributed by atoms with Crippen LogP contribution in [0.1, 0.15) is 38.5 Å². The Kier molecular flexibility index (Phi) is 4.42. The molecule has 1 saturated carbocycles. The van der Waals surface area contributed by atoms with Gasteiger partial charge in [-0.3, -0.25) is 9.69 Å². The Bertz CT molecular complexity index is 277. The quantitative estimate of drug-likeness (QED) is 0.757. The Morgan fingerprint density at radius 1 is 1.31 bits per heavy atom. The summed E-state index contributed by atoms with van der Waals surface area (Å²) >= 11 is 5.58. The summed E-state index contributed by atoms with van der Waals surface area (Å²) in [6.07, 6.45) is 8.71. The Morgan fingerprint density at radius 3 is 2.88 bits per heavy atom. The van der Waals surface area contributed by atoms with Crippen LogP contribution in [0.5, 0.6) is 0 Å². The van der Waals surface area contributed by atoms with Crippen LogP contribution in [0.3, 0.4) is 0 Å². The molecule has 2 fully saturated rings. The Morgan fingerprint density at radius 2 is 2.19 bits per heavy atom. The standard InChI is InChI=1S/C13H20ClNO/c14-8-4-10-15-9-2-1-6-12(15)11-5-3-7-13(11)16/h4,8,11-12H,1-3,5-7,9-10H2. The molecule has 1 saturated heterocycles. The average molecular weight is 242 g/mol. The van der Waals surface area contributed by atoms with Crippen molar-refractivity contribution in [3.8, 4) is 0 Å². The highest BCUT2D eigenvalue weighted by atomic mass is 35.5. The van der Waals surface area contributed by atoms with Gasteiger partial charge in [-0.2, -0.15) is 0 Å². The second-order valence-corrected chi connectivity index (χ2v) is 5.14. The molecule has 0 radical (unpaired) electrons. The lowest BCUT2D eigenvalue weighted by Crippen LogP contribution is -2.45. The maximum atomic E-state index is 11.8. The predicted octanol–water partition coefficient (Wildman–Crippen LogP) is 2.96. The van der Waals surface area contributed by atoms with E-state index in [9.17, 15) is 4.79 Å². The summed E-state index contributed by atoms with van der Waals surface area (Å²) in [5.41, 5.74) is 1.59. The number of hydrogen-bond donors (Lipinski definition) is 0. The Balaban J connectivity index is 2.00. The summed E-state index contributed by atoms with van der Waals surface area (Å²) < 4.78 is 0. The van der Waals surface area contributed by atoms with Gasteiger partial charge in [0.2, 0.25) is 0 Å². The number of ketones is 1. The number of carbonyl (C=O) groups excluding carboxylic acids is 1. The van der Waals surface area contributed by atoms with Gasteiger partial charge in [0.15, 0.2) is 0 Å². The van der Waals surface area contributed by atoms with Crippen molar-refractivity contribution >= 4 is 17.4 Å². The lowest BCUT2D eigenvalue weighted by atomic mass is 9.88. The van der Waals surface area contributed by atoms with Crippen LogP contribution in [0.4, 0.5) is 0 Å². The van der Waals surface area contributed by atoms with Crippen LogP contribution >= 0.6 is 11.6 Å². The highest BCUT2D eigenvalue weighted by Crippen LogP contribution is 2.32. The summed E-state index contributed by atoms with van der Waals surface area (Å²) in [6.45, 7) is 2.02. The van der Waals surface area contributed by atoms with Crippen LogP contribution in [0, 0.1) is 5.92 Å². The first-order valence-corrected chi connectivity index (χ1v) is 6.78. The fourth-order valence-electron chi connectivity index (χ4n) is 3.12. The van der Waals surface area contributed by atoms with Crippen molar-refractivity contribution in [2.45, 2.75) is 44.6 Å². The third-order valence-corrected chi connectivity index (χ3v) is 4.09. The van der Waals surface area contributed by atoms with Crippen molar-refractivity contribution < 1.29 is 4.79 Å². The summed E-state index contributed by atoms with van der Waals surface area (Å²) in [5, 5.41) is 0. The van der Waals surface area contributed by atoms with Crippen molar-refractivity contribution in [2.24, 2.45) is 5.92 Å². The molecule has 1 aliphatic carbocycles. The number of Topliss-reactive ketones (excluding diaryl/α,β-unsaturated/α-hetero) is 1. The number of nitrogens with zero attached hydrogens (tertiary/aromatic N) is 1. The molecule has 2 nitrogen and oxygen atoms in total. The van der Waals surface area contributed by atoms with E-state index < -0.39 is 0 Å². The molecule has 0 aromatic carbocycles. The van der Waals surface area contributed by atoms with Gasteiger partial charge in [-0.1, -0.05) is 24.1 Å². The molecule has 2 atom stereocenters. The van der Waals surface area contributed by atoms with E-state index in [0.717, 1.165) is 32.4 Å². The summed E-state index contributed by atoms with van der Waals surface area (Å²) in [5.74, 6) is 0.802. The lowest BCUT2D eigenvalue weighted by Gasteiger charge is -2.38. The number of piperidine rings is 1. The maximum Gasteiger partial charge on any atom is 0.137 e. The van der Waals surface area contributed by atoms with Gasteiger partial charge in [-0.05, 0) is 32.2 Å². The zero-order chi connectivity index (χ0) is 11.4. The topological polar surface area (TPSA) is 20.3 Å². The molecule has 90 valence electrons. The molecule has 3 heteroatoms. The molecule has 0 aromatic rings. The first-order valence-electron chi connectivity index (χ1n) is 6.35. The van der Waals surface area contributed by atoms with E-state index in [1.165, 1.54) is 19.3 Å². The minimum Gasteiger partial charge on any atom is -0.299 e. The molecular weight excluding hydrogens is 222 g/mol. The first-order chi connectivity index (χ1) is 7.83. The molecule has 0 amide bonds. The predicted molar refractivity (Wildman–Crippen MR) is 66.6 cm³/mol. The number of hydrogen-bond acceptors (Lipinski definition) is 2. The average Bonchev–Trinajstić information content (AvgIpc) is 2.73. The molecule has 0 aromatic heterocycles. The summed E-state index contributed by atoms with van der Waals surface area (Å²) in [7, 11) is 0. The van der Waals surface area contributed by atoms with Gasteiger partial charge in [0.05, 0.1) is 0 Å². The third-order valence-electron chi connectivity index (χ3n) is 3.91. The van der Waals surface area contributed by atoms with Crippen molar-refractivity contribution in [1.82, 2.24) is 4.90 Å². The van der Waals surface area contributed by atoms with E-state index in [2.05, 4.69) is 4.90 Å². The fraction of sp³-hybridized carbons (Fsp3) is 0.769. The van der Waals surface area contributed by atoms with Crippen LogP contribution in [0.25, 0.3) is 0 Å². The van der Waals surface area contributed by atoms with Gasteiger partial charge < -0.3 is 0 Å². The van der Waals surface area contributed by atoms with Gasteiger partial charge in [0, 0.05) is 30.5 Å².